The van der Waals surface area contributed by atoms with Crippen LogP contribution in [-0.4, -0.2) is 37.1 Å². The normalized spacial score (nSPS) is 37.7. The van der Waals surface area contributed by atoms with Crippen LogP contribution in [0.3, 0.4) is 0 Å². The Morgan fingerprint density at radius 2 is 1.62 bits per heavy atom. The lowest BCUT2D eigenvalue weighted by Gasteiger charge is -2.44. The Morgan fingerprint density at radius 3 is 2.00 bits per heavy atom. The van der Waals surface area contributed by atoms with Gasteiger partial charge in [0.2, 0.25) is 0 Å². The van der Waals surface area contributed by atoms with Crippen LogP contribution >= 0.6 is 0 Å². The van der Waals surface area contributed by atoms with Crippen molar-refractivity contribution >= 4 is 0 Å². The highest BCUT2D eigenvalue weighted by atomic mass is 15.2. The van der Waals surface area contributed by atoms with E-state index in [0.717, 1.165) is 18.0 Å². The standard InChI is InChI=1S/C14H28N2/c1-14(2,3)13(15-4)10-8-11-6-7-12(9-10)16(11)5/h10-13,15H,6-9H2,1-5H3. The molecule has 0 amide bonds. The summed E-state index contributed by atoms with van der Waals surface area (Å²) >= 11 is 0. The number of hydrogen-bond donors (Lipinski definition) is 1. The third-order valence-electron chi connectivity index (χ3n) is 4.85. The molecule has 0 aromatic carbocycles. The van der Waals surface area contributed by atoms with Crippen LogP contribution in [0.15, 0.2) is 0 Å². The molecule has 2 nitrogen and oxygen atoms in total. The fourth-order valence-electron chi connectivity index (χ4n) is 4.10. The number of piperidine rings is 1. The number of rotatable bonds is 2. The molecule has 2 saturated heterocycles. The van der Waals surface area contributed by atoms with Crippen molar-refractivity contribution in [2.75, 3.05) is 14.1 Å². The molecule has 3 unspecified atom stereocenters. The molecule has 16 heavy (non-hydrogen) atoms. The molecule has 2 rings (SSSR count). The van der Waals surface area contributed by atoms with Crippen LogP contribution in [0.25, 0.3) is 0 Å². The molecule has 2 aliphatic heterocycles. The van der Waals surface area contributed by atoms with Crippen LogP contribution in [0.4, 0.5) is 0 Å². The van der Waals surface area contributed by atoms with E-state index >= 15 is 0 Å². The highest BCUT2D eigenvalue weighted by molar-refractivity contribution is 4.98. The van der Waals surface area contributed by atoms with Gasteiger partial charge >= 0.3 is 0 Å². The van der Waals surface area contributed by atoms with Gasteiger partial charge in [-0.25, -0.2) is 0 Å². The summed E-state index contributed by atoms with van der Waals surface area (Å²) in [5, 5.41) is 3.58. The summed E-state index contributed by atoms with van der Waals surface area (Å²) in [4.78, 5) is 2.63. The summed E-state index contributed by atoms with van der Waals surface area (Å²) < 4.78 is 0. The van der Waals surface area contributed by atoms with Crippen molar-refractivity contribution in [1.29, 1.82) is 0 Å². The van der Waals surface area contributed by atoms with Crippen molar-refractivity contribution < 1.29 is 0 Å². The first-order valence-electron chi connectivity index (χ1n) is 6.82. The van der Waals surface area contributed by atoms with Gasteiger partial charge in [-0.15, -0.1) is 0 Å². The number of fused-ring (bicyclic) bond motifs is 2. The Labute approximate surface area is 101 Å². The van der Waals surface area contributed by atoms with E-state index in [1.54, 1.807) is 0 Å². The van der Waals surface area contributed by atoms with Gasteiger partial charge in [-0.05, 0) is 51.1 Å². The van der Waals surface area contributed by atoms with Gasteiger partial charge < -0.3 is 10.2 Å². The maximum absolute atomic E-state index is 3.58. The molecule has 2 heterocycles. The van der Waals surface area contributed by atoms with E-state index in [0.29, 0.717) is 11.5 Å². The molecule has 2 fully saturated rings. The predicted molar refractivity (Wildman–Crippen MR) is 69.6 cm³/mol. The Balaban J connectivity index is 2.06. The van der Waals surface area contributed by atoms with Crippen LogP contribution in [-0.2, 0) is 0 Å². The lowest BCUT2D eigenvalue weighted by molar-refractivity contribution is 0.0809. The minimum Gasteiger partial charge on any atom is -0.316 e. The zero-order valence-electron chi connectivity index (χ0n) is 11.6. The third kappa shape index (κ3) is 2.14. The van der Waals surface area contributed by atoms with Gasteiger partial charge in [0.25, 0.3) is 0 Å². The van der Waals surface area contributed by atoms with Gasteiger partial charge in [0.05, 0.1) is 0 Å². The van der Waals surface area contributed by atoms with Crippen molar-refractivity contribution in [1.82, 2.24) is 10.2 Å². The van der Waals surface area contributed by atoms with Gasteiger partial charge in [-0.2, -0.15) is 0 Å². The molecule has 0 aliphatic carbocycles. The monoisotopic (exact) mass is 224 g/mol. The second-order valence-electron chi connectivity index (χ2n) is 6.91. The minimum atomic E-state index is 0.384. The molecular weight excluding hydrogens is 196 g/mol. The zero-order valence-corrected chi connectivity index (χ0v) is 11.6. The van der Waals surface area contributed by atoms with Gasteiger partial charge in [-0.1, -0.05) is 20.8 Å². The van der Waals surface area contributed by atoms with Crippen molar-refractivity contribution in [2.45, 2.75) is 64.6 Å². The smallest absolute Gasteiger partial charge is 0.0142 e. The molecule has 0 saturated carbocycles. The fraction of sp³-hybridized carbons (Fsp3) is 1.00. The first-order valence-corrected chi connectivity index (χ1v) is 6.82. The molecule has 0 aromatic rings. The molecule has 2 aliphatic rings. The SMILES string of the molecule is CNC(C1CC2CCC(C1)N2C)C(C)(C)C. The molecule has 3 atom stereocenters. The van der Waals surface area contributed by atoms with E-state index in [-0.39, 0.29) is 0 Å². The Bertz CT molecular complexity index is 230. The molecular formula is C14H28N2. The second kappa shape index (κ2) is 4.30. The first-order chi connectivity index (χ1) is 7.43. The maximum Gasteiger partial charge on any atom is 0.0142 e. The Kier molecular flexibility index (Phi) is 3.33. The highest BCUT2D eigenvalue weighted by Crippen LogP contribution is 2.41. The average molecular weight is 224 g/mol. The topological polar surface area (TPSA) is 15.3 Å². The zero-order chi connectivity index (χ0) is 11.9. The second-order valence-corrected chi connectivity index (χ2v) is 6.91. The minimum absolute atomic E-state index is 0.384. The van der Waals surface area contributed by atoms with E-state index in [1.807, 2.05) is 0 Å². The molecule has 0 radical (unpaired) electrons. The molecule has 94 valence electrons. The van der Waals surface area contributed by atoms with E-state index in [4.69, 9.17) is 0 Å². The summed E-state index contributed by atoms with van der Waals surface area (Å²) in [5.41, 5.74) is 0.384. The van der Waals surface area contributed by atoms with Crippen molar-refractivity contribution in [2.24, 2.45) is 11.3 Å². The summed E-state index contributed by atoms with van der Waals surface area (Å²) in [5.74, 6) is 0.874. The molecule has 2 heteroatoms. The summed E-state index contributed by atoms with van der Waals surface area (Å²) in [6.07, 6.45) is 5.65. The predicted octanol–water partition coefficient (Wildman–Crippen LogP) is 2.49. The lowest BCUT2D eigenvalue weighted by Crippen LogP contribution is -2.50. The average Bonchev–Trinajstić information content (AvgIpc) is 2.42. The Hall–Kier alpha value is -0.0800. The first kappa shape index (κ1) is 12.4. The van der Waals surface area contributed by atoms with E-state index < -0.39 is 0 Å². The number of nitrogens with zero attached hydrogens (tertiary/aromatic N) is 1. The molecule has 2 bridgehead atoms. The van der Waals surface area contributed by atoms with Gasteiger partial charge in [0.15, 0.2) is 0 Å². The van der Waals surface area contributed by atoms with Crippen LogP contribution in [0.2, 0.25) is 0 Å². The summed E-state index contributed by atoms with van der Waals surface area (Å²) in [7, 11) is 4.46. The van der Waals surface area contributed by atoms with Crippen LogP contribution in [0.1, 0.15) is 46.5 Å². The van der Waals surface area contributed by atoms with Crippen molar-refractivity contribution in [3.8, 4) is 0 Å². The van der Waals surface area contributed by atoms with Crippen LogP contribution < -0.4 is 5.32 Å². The molecule has 0 spiro atoms. The van der Waals surface area contributed by atoms with Gasteiger partial charge in [-0.3, -0.25) is 0 Å². The highest BCUT2D eigenvalue weighted by Gasteiger charge is 2.43. The number of nitrogens with one attached hydrogen (secondary N) is 1. The largest absolute Gasteiger partial charge is 0.316 e. The maximum atomic E-state index is 3.58. The third-order valence-corrected chi connectivity index (χ3v) is 4.85. The fourth-order valence-corrected chi connectivity index (χ4v) is 4.10. The van der Waals surface area contributed by atoms with E-state index in [9.17, 15) is 0 Å². The number of hydrogen-bond acceptors (Lipinski definition) is 2. The van der Waals surface area contributed by atoms with Crippen LogP contribution in [0, 0.1) is 11.3 Å². The Morgan fingerprint density at radius 1 is 1.12 bits per heavy atom. The molecule has 0 aromatic heterocycles. The van der Waals surface area contributed by atoms with Crippen LogP contribution in [0.5, 0.6) is 0 Å². The quantitative estimate of drug-likeness (QED) is 0.775. The lowest BCUT2D eigenvalue weighted by atomic mass is 9.73. The van der Waals surface area contributed by atoms with Crippen molar-refractivity contribution in [3.63, 3.8) is 0 Å². The summed E-state index contributed by atoms with van der Waals surface area (Å²) in [6, 6.07) is 2.40. The molecule has 1 N–H and O–H groups in total. The summed E-state index contributed by atoms with van der Waals surface area (Å²) in [6.45, 7) is 7.11. The van der Waals surface area contributed by atoms with E-state index in [1.165, 1.54) is 25.7 Å². The van der Waals surface area contributed by atoms with Gasteiger partial charge in [0, 0.05) is 18.1 Å². The van der Waals surface area contributed by atoms with Gasteiger partial charge in [0.1, 0.15) is 0 Å². The van der Waals surface area contributed by atoms with Crippen molar-refractivity contribution in [3.05, 3.63) is 0 Å². The van der Waals surface area contributed by atoms with E-state index in [2.05, 4.69) is 45.1 Å².